The second-order valence-electron chi connectivity index (χ2n) is 6.08. The zero-order valence-electron chi connectivity index (χ0n) is 13.4. The molecule has 1 aliphatic rings. The highest BCUT2D eigenvalue weighted by Gasteiger charge is 2.32. The van der Waals surface area contributed by atoms with Crippen molar-refractivity contribution in [3.63, 3.8) is 0 Å². The van der Waals surface area contributed by atoms with Crippen LogP contribution in [0, 0.1) is 6.92 Å². The number of likely N-dealkylation sites (tertiary alicyclic amines) is 1. The van der Waals surface area contributed by atoms with E-state index in [1.165, 1.54) is 11.3 Å². The predicted molar refractivity (Wildman–Crippen MR) is 91.8 cm³/mol. The molecule has 0 saturated carbocycles. The number of nitrogens with one attached hydrogen (secondary N) is 2. The number of aromatic nitrogens is 1. The van der Waals surface area contributed by atoms with E-state index in [4.69, 9.17) is 0 Å². The Balaban J connectivity index is 1.63. The minimum Gasteiger partial charge on any atom is -0.338 e. The number of benzene rings is 1. The molecule has 122 valence electrons. The minimum absolute atomic E-state index is 0.0842. The fraction of sp³-hybridized carbons (Fsp3) is 0.438. The number of anilines is 1. The summed E-state index contributed by atoms with van der Waals surface area (Å²) < 4.78 is 1.04. The van der Waals surface area contributed by atoms with Crippen molar-refractivity contribution in [3.8, 4) is 0 Å². The molecule has 1 fully saturated rings. The molecule has 0 spiro atoms. The van der Waals surface area contributed by atoms with Crippen LogP contribution >= 0.6 is 11.3 Å². The highest BCUT2D eigenvalue weighted by Crippen LogP contribution is 2.27. The Morgan fingerprint density at radius 3 is 2.87 bits per heavy atom. The lowest BCUT2D eigenvalue weighted by Gasteiger charge is -2.21. The third kappa shape index (κ3) is 3.29. The Morgan fingerprint density at radius 2 is 2.22 bits per heavy atom. The minimum atomic E-state index is -0.315. The van der Waals surface area contributed by atoms with Gasteiger partial charge in [-0.15, -0.1) is 0 Å². The van der Waals surface area contributed by atoms with Gasteiger partial charge in [-0.3, -0.25) is 10.1 Å². The molecular weight excluding hydrogens is 312 g/mol. The zero-order valence-corrected chi connectivity index (χ0v) is 14.2. The third-order valence-corrected chi connectivity index (χ3v) is 4.89. The Kier molecular flexibility index (Phi) is 4.21. The number of carbonyl (C=O) groups is 2. The number of carbonyl (C=O) groups excluding carboxylic acids is 2. The Labute approximate surface area is 138 Å². The van der Waals surface area contributed by atoms with E-state index in [-0.39, 0.29) is 24.0 Å². The first-order valence-electron chi connectivity index (χ1n) is 7.67. The molecule has 1 aliphatic heterocycles. The van der Waals surface area contributed by atoms with E-state index in [1.54, 1.807) is 4.90 Å². The van der Waals surface area contributed by atoms with Gasteiger partial charge in [-0.1, -0.05) is 23.5 Å². The molecule has 3 rings (SSSR count). The number of para-hydroxylation sites is 1. The van der Waals surface area contributed by atoms with Crippen molar-refractivity contribution in [1.82, 2.24) is 15.2 Å². The van der Waals surface area contributed by atoms with Crippen molar-refractivity contribution in [2.75, 3.05) is 11.9 Å². The molecule has 0 radical (unpaired) electrons. The number of rotatable bonds is 3. The van der Waals surface area contributed by atoms with E-state index in [1.807, 2.05) is 39.0 Å². The van der Waals surface area contributed by atoms with Crippen LogP contribution < -0.4 is 10.6 Å². The fourth-order valence-electron chi connectivity index (χ4n) is 2.79. The lowest BCUT2D eigenvalue weighted by atomic mass is 10.2. The summed E-state index contributed by atoms with van der Waals surface area (Å²) in [5, 5.41) is 6.19. The summed E-state index contributed by atoms with van der Waals surface area (Å²) in [7, 11) is 0. The highest BCUT2D eigenvalue weighted by atomic mass is 32.1. The number of hydrogen-bond acceptors (Lipinski definition) is 4. The SMILES string of the molecule is Cc1cccc2sc(NC(=O)NC3CC(=O)N(C(C)C)C3)nc12. The molecule has 1 saturated heterocycles. The van der Waals surface area contributed by atoms with Crippen molar-refractivity contribution < 1.29 is 9.59 Å². The van der Waals surface area contributed by atoms with E-state index < -0.39 is 0 Å². The van der Waals surface area contributed by atoms with Crippen LogP contribution in [0.15, 0.2) is 18.2 Å². The molecule has 6 nitrogen and oxygen atoms in total. The summed E-state index contributed by atoms with van der Waals surface area (Å²) in [5.74, 6) is 0.0842. The molecular formula is C16H20N4O2S. The van der Waals surface area contributed by atoms with Crippen LogP contribution in [0.25, 0.3) is 10.2 Å². The summed E-state index contributed by atoms with van der Waals surface area (Å²) in [6.45, 7) is 6.51. The number of amides is 3. The first-order chi connectivity index (χ1) is 10.9. The van der Waals surface area contributed by atoms with E-state index in [0.29, 0.717) is 18.1 Å². The molecule has 1 unspecified atom stereocenters. The number of nitrogens with zero attached hydrogens (tertiary/aromatic N) is 2. The maximum absolute atomic E-state index is 12.1. The van der Waals surface area contributed by atoms with Crippen LogP contribution in [-0.4, -0.2) is 40.5 Å². The van der Waals surface area contributed by atoms with Gasteiger partial charge in [0.2, 0.25) is 5.91 Å². The molecule has 7 heteroatoms. The normalized spacial score (nSPS) is 18.0. The lowest BCUT2D eigenvalue weighted by Crippen LogP contribution is -2.40. The predicted octanol–water partition coefficient (Wildman–Crippen LogP) is 2.74. The van der Waals surface area contributed by atoms with Gasteiger partial charge in [0.05, 0.1) is 16.3 Å². The first kappa shape index (κ1) is 15.7. The molecule has 1 aromatic carbocycles. The molecule has 0 bridgehead atoms. The van der Waals surface area contributed by atoms with Gasteiger partial charge in [0, 0.05) is 19.0 Å². The van der Waals surface area contributed by atoms with Gasteiger partial charge >= 0.3 is 6.03 Å². The van der Waals surface area contributed by atoms with Crippen LogP contribution in [0.3, 0.4) is 0 Å². The number of thiazole rings is 1. The summed E-state index contributed by atoms with van der Waals surface area (Å²) in [6.07, 6.45) is 0.352. The monoisotopic (exact) mass is 332 g/mol. The smallest absolute Gasteiger partial charge is 0.321 e. The van der Waals surface area contributed by atoms with Crippen LogP contribution in [0.5, 0.6) is 0 Å². The van der Waals surface area contributed by atoms with Crippen molar-refractivity contribution in [3.05, 3.63) is 23.8 Å². The topological polar surface area (TPSA) is 74.3 Å². The van der Waals surface area contributed by atoms with Crippen molar-refractivity contribution in [2.45, 2.75) is 39.3 Å². The first-order valence-corrected chi connectivity index (χ1v) is 8.49. The highest BCUT2D eigenvalue weighted by molar-refractivity contribution is 7.22. The molecule has 23 heavy (non-hydrogen) atoms. The Bertz CT molecular complexity index is 756. The second kappa shape index (κ2) is 6.16. The van der Waals surface area contributed by atoms with Crippen LogP contribution in [0.4, 0.5) is 9.93 Å². The van der Waals surface area contributed by atoms with Crippen LogP contribution in [0.1, 0.15) is 25.8 Å². The van der Waals surface area contributed by atoms with E-state index in [2.05, 4.69) is 15.6 Å². The van der Waals surface area contributed by atoms with E-state index in [0.717, 1.165) is 15.8 Å². The summed E-state index contributed by atoms with van der Waals surface area (Å²) >= 11 is 1.44. The van der Waals surface area contributed by atoms with E-state index >= 15 is 0 Å². The third-order valence-electron chi connectivity index (χ3n) is 3.96. The molecule has 3 amide bonds. The van der Waals surface area contributed by atoms with Gasteiger partial charge in [-0.2, -0.15) is 0 Å². The number of hydrogen-bond donors (Lipinski definition) is 2. The molecule has 2 heterocycles. The van der Waals surface area contributed by atoms with Crippen molar-refractivity contribution in [2.24, 2.45) is 0 Å². The van der Waals surface area contributed by atoms with Gasteiger partial charge in [-0.05, 0) is 32.4 Å². The van der Waals surface area contributed by atoms with Gasteiger partial charge < -0.3 is 10.2 Å². The average Bonchev–Trinajstić information content (AvgIpc) is 3.03. The average molecular weight is 332 g/mol. The van der Waals surface area contributed by atoms with Gasteiger partial charge in [0.15, 0.2) is 5.13 Å². The van der Waals surface area contributed by atoms with Crippen LogP contribution in [-0.2, 0) is 4.79 Å². The zero-order chi connectivity index (χ0) is 16.6. The van der Waals surface area contributed by atoms with E-state index in [9.17, 15) is 9.59 Å². The second-order valence-corrected chi connectivity index (χ2v) is 7.11. The summed E-state index contributed by atoms with van der Waals surface area (Å²) in [5.41, 5.74) is 2.00. The van der Waals surface area contributed by atoms with Gasteiger partial charge in [-0.25, -0.2) is 9.78 Å². The number of aryl methyl sites for hydroxylation is 1. The fourth-order valence-corrected chi connectivity index (χ4v) is 3.72. The van der Waals surface area contributed by atoms with Crippen molar-refractivity contribution in [1.29, 1.82) is 0 Å². The van der Waals surface area contributed by atoms with Gasteiger partial charge in [0.25, 0.3) is 0 Å². The van der Waals surface area contributed by atoms with Crippen molar-refractivity contribution >= 4 is 38.6 Å². The standard InChI is InChI=1S/C16H20N4O2S/c1-9(2)20-8-11(7-13(20)21)17-15(22)19-16-18-14-10(3)5-4-6-12(14)23-16/h4-6,9,11H,7-8H2,1-3H3,(H2,17,18,19,22). The largest absolute Gasteiger partial charge is 0.338 e. The quantitative estimate of drug-likeness (QED) is 0.907. The maximum Gasteiger partial charge on any atom is 0.321 e. The van der Waals surface area contributed by atoms with Crippen LogP contribution in [0.2, 0.25) is 0 Å². The molecule has 1 atom stereocenters. The molecule has 0 aliphatic carbocycles. The molecule has 1 aromatic heterocycles. The lowest BCUT2D eigenvalue weighted by molar-refractivity contribution is -0.129. The summed E-state index contributed by atoms with van der Waals surface area (Å²) in [4.78, 5) is 30.2. The Hall–Kier alpha value is -2.15. The maximum atomic E-state index is 12.1. The molecule has 2 aromatic rings. The number of urea groups is 1. The summed E-state index contributed by atoms with van der Waals surface area (Å²) in [6, 6.07) is 5.65. The van der Waals surface area contributed by atoms with Gasteiger partial charge in [0.1, 0.15) is 0 Å². The Morgan fingerprint density at radius 1 is 1.43 bits per heavy atom. The number of fused-ring (bicyclic) bond motifs is 1. The molecule has 2 N–H and O–H groups in total.